The molecule has 4 heteroatoms. The number of amides is 1. The van der Waals surface area contributed by atoms with Gasteiger partial charge in [0.25, 0.3) is 0 Å². The number of carbonyl (C=O) groups excluding carboxylic acids is 1. The summed E-state index contributed by atoms with van der Waals surface area (Å²) in [4.78, 5) is 12.0. The topological polar surface area (TPSA) is 38.3 Å². The number of carbonyl (C=O) groups is 1. The monoisotopic (exact) mass is 295 g/mol. The number of hydrogen-bond donors (Lipinski definition) is 1. The third kappa shape index (κ3) is 5.45. The van der Waals surface area contributed by atoms with Crippen LogP contribution in [-0.4, -0.2) is 23.5 Å². The van der Waals surface area contributed by atoms with E-state index in [4.69, 9.17) is 4.74 Å². The van der Waals surface area contributed by atoms with E-state index in [0.717, 1.165) is 16.9 Å². The lowest BCUT2D eigenvalue weighted by Gasteiger charge is -2.20. The van der Waals surface area contributed by atoms with Crippen LogP contribution in [0.5, 0.6) is 5.75 Å². The molecule has 0 heterocycles. The fraction of sp³-hybridized carbons (Fsp3) is 0.562. The standard InChI is InChI=1S/C16H25NO2S/c1-11-7-8-14(19-6)13(9-11)12(2)17-15(18)10-20-16(3,4)5/h7-9,12H,10H2,1-6H3,(H,17,18). The van der Waals surface area contributed by atoms with Gasteiger partial charge < -0.3 is 10.1 Å². The van der Waals surface area contributed by atoms with Crippen LogP contribution in [0.25, 0.3) is 0 Å². The molecular weight excluding hydrogens is 270 g/mol. The number of thioether (sulfide) groups is 1. The maximum atomic E-state index is 12.0. The van der Waals surface area contributed by atoms with E-state index in [1.54, 1.807) is 18.9 Å². The highest BCUT2D eigenvalue weighted by Gasteiger charge is 2.17. The predicted octanol–water partition coefficient (Wildman–Crippen LogP) is 3.71. The maximum Gasteiger partial charge on any atom is 0.230 e. The van der Waals surface area contributed by atoms with E-state index in [-0.39, 0.29) is 16.7 Å². The number of ether oxygens (including phenoxy) is 1. The van der Waals surface area contributed by atoms with Gasteiger partial charge >= 0.3 is 0 Å². The zero-order chi connectivity index (χ0) is 15.3. The summed E-state index contributed by atoms with van der Waals surface area (Å²) in [5, 5.41) is 3.03. The van der Waals surface area contributed by atoms with E-state index < -0.39 is 0 Å². The molecule has 0 aromatic heterocycles. The van der Waals surface area contributed by atoms with Gasteiger partial charge in [-0.3, -0.25) is 4.79 Å². The highest BCUT2D eigenvalue weighted by atomic mass is 32.2. The summed E-state index contributed by atoms with van der Waals surface area (Å²) >= 11 is 1.65. The largest absolute Gasteiger partial charge is 0.496 e. The summed E-state index contributed by atoms with van der Waals surface area (Å²) < 4.78 is 5.46. The molecule has 0 radical (unpaired) electrons. The molecule has 0 saturated heterocycles. The Morgan fingerprint density at radius 1 is 1.40 bits per heavy atom. The Labute approximate surface area is 126 Å². The average molecular weight is 295 g/mol. The molecule has 1 amide bonds. The molecule has 3 nitrogen and oxygen atoms in total. The maximum absolute atomic E-state index is 12.0. The van der Waals surface area contributed by atoms with Gasteiger partial charge in [0.15, 0.2) is 0 Å². The van der Waals surface area contributed by atoms with Gasteiger partial charge in [-0.2, -0.15) is 0 Å². The van der Waals surface area contributed by atoms with Crippen molar-refractivity contribution in [3.8, 4) is 5.75 Å². The molecule has 1 N–H and O–H groups in total. The van der Waals surface area contributed by atoms with Crippen LogP contribution in [-0.2, 0) is 4.79 Å². The smallest absolute Gasteiger partial charge is 0.230 e. The second-order valence-corrected chi connectivity index (χ2v) is 7.74. The lowest BCUT2D eigenvalue weighted by atomic mass is 10.0. The molecule has 0 aliphatic carbocycles. The SMILES string of the molecule is COc1ccc(C)cc1C(C)NC(=O)CSC(C)(C)C. The Kier molecular flexibility index (Phi) is 5.93. The molecule has 1 rings (SSSR count). The van der Waals surface area contributed by atoms with Gasteiger partial charge in [-0.1, -0.05) is 38.5 Å². The van der Waals surface area contributed by atoms with Gasteiger partial charge in [-0.15, -0.1) is 11.8 Å². The molecule has 112 valence electrons. The van der Waals surface area contributed by atoms with Crippen molar-refractivity contribution < 1.29 is 9.53 Å². The number of rotatable bonds is 5. The van der Waals surface area contributed by atoms with Crippen LogP contribution in [0.1, 0.15) is 44.9 Å². The summed E-state index contributed by atoms with van der Waals surface area (Å²) in [7, 11) is 1.65. The Balaban J connectivity index is 2.69. The first-order valence-corrected chi connectivity index (χ1v) is 7.79. The fourth-order valence-electron chi connectivity index (χ4n) is 1.84. The van der Waals surface area contributed by atoms with Crippen molar-refractivity contribution in [1.82, 2.24) is 5.32 Å². The molecule has 1 unspecified atom stereocenters. The van der Waals surface area contributed by atoms with E-state index in [1.165, 1.54) is 0 Å². The number of aryl methyl sites for hydroxylation is 1. The minimum Gasteiger partial charge on any atom is -0.496 e. The summed E-state index contributed by atoms with van der Waals surface area (Å²) in [5.41, 5.74) is 2.17. The van der Waals surface area contributed by atoms with Crippen LogP contribution in [0.3, 0.4) is 0 Å². The predicted molar refractivity (Wildman–Crippen MR) is 86.5 cm³/mol. The highest BCUT2D eigenvalue weighted by molar-refractivity contribution is 8.01. The summed E-state index contributed by atoms with van der Waals surface area (Å²) in [6.45, 7) is 10.3. The van der Waals surface area contributed by atoms with Gasteiger partial charge in [-0.05, 0) is 19.9 Å². The second-order valence-electron chi connectivity index (χ2n) is 5.94. The molecule has 0 bridgehead atoms. The van der Waals surface area contributed by atoms with Crippen LogP contribution in [0, 0.1) is 6.92 Å². The fourth-order valence-corrected chi connectivity index (χ4v) is 2.48. The molecule has 0 saturated carbocycles. The summed E-state index contributed by atoms with van der Waals surface area (Å²) in [5.74, 6) is 1.34. The van der Waals surface area contributed by atoms with E-state index in [2.05, 4.69) is 32.2 Å². The van der Waals surface area contributed by atoms with Crippen LogP contribution >= 0.6 is 11.8 Å². The lowest BCUT2D eigenvalue weighted by Crippen LogP contribution is -2.29. The molecule has 0 fully saturated rings. The normalized spacial score (nSPS) is 12.9. The van der Waals surface area contributed by atoms with E-state index in [9.17, 15) is 4.79 Å². The number of benzene rings is 1. The Morgan fingerprint density at radius 3 is 2.60 bits per heavy atom. The van der Waals surface area contributed by atoms with Gasteiger partial charge in [-0.25, -0.2) is 0 Å². The van der Waals surface area contributed by atoms with Crippen LogP contribution in [0.15, 0.2) is 18.2 Å². The average Bonchev–Trinajstić information content (AvgIpc) is 2.35. The second kappa shape index (κ2) is 7.02. The first kappa shape index (κ1) is 16.9. The van der Waals surface area contributed by atoms with Crippen LogP contribution < -0.4 is 10.1 Å². The molecule has 1 atom stereocenters. The van der Waals surface area contributed by atoms with Crippen LogP contribution in [0.2, 0.25) is 0 Å². The summed E-state index contributed by atoms with van der Waals surface area (Å²) in [6.07, 6.45) is 0. The van der Waals surface area contributed by atoms with Crippen LogP contribution in [0.4, 0.5) is 0 Å². The third-order valence-electron chi connectivity index (χ3n) is 2.87. The highest BCUT2D eigenvalue weighted by Crippen LogP contribution is 2.27. The Morgan fingerprint density at radius 2 is 2.05 bits per heavy atom. The van der Waals surface area contributed by atoms with Gasteiger partial charge in [0.1, 0.15) is 5.75 Å². The summed E-state index contributed by atoms with van der Waals surface area (Å²) in [6, 6.07) is 5.95. The Bertz CT molecular complexity index is 466. The number of nitrogens with one attached hydrogen (secondary N) is 1. The zero-order valence-electron chi connectivity index (χ0n) is 13.2. The van der Waals surface area contributed by atoms with Crippen molar-refractivity contribution in [2.24, 2.45) is 0 Å². The van der Waals surface area contributed by atoms with Crippen molar-refractivity contribution in [1.29, 1.82) is 0 Å². The number of hydrogen-bond acceptors (Lipinski definition) is 3. The molecule has 0 spiro atoms. The Hall–Kier alpha value is -1.16. The molecule has 1 aromatic rings. The minimum atomic E-state index is -0.0575. The van der Waals surface area contributed by atoms with Crippen molar-refractivity contribution in [2.45, 2.75) is 45.4 Å². The first-order chi connectivity index (χ1) is 9.23. The van der Waals surface area contributed by atoms with Crippen molar-refractivity contribution >= 4 is 17.7 Å². The molecule has 20 heavy (non-hydrogen) atoms. The van der Waals surface area contributed by atoms with E-state index in [1.807, 2.05) is 26.0 Å². The van der Waals surface area contributed by atoms with E-state index >= 15 is 0 Å². The van der Waals surface area contributed by atoms with Crippen molar-refractivity contribution in [3.05, 3.63) is 29.3 Å². The first-order valence-electron chi connectivity index (χ1n) is 6.81. The molecular formula is C16H25NO2S. The van der Waals surface area contributed by atoms with Crippen molar-refractivity contribution in [3.63, 3.8) is 0 Å². The van der Waals surface area contributed by atoms with Gasteiger partial charge in [0.05, 0.1) is 18.9 Å². The van der Waals surface area contributed by atoms with Gasteiger partial charge in [0, 0.05) is 10.3 Å². The van der Waals surface area contributed by atoms with Crippen molar-refractivity contribution in [2.75, 3.05) is 12.9 Å². The van der Waals surface area contributed by atoms with E-state index in [0.29, 0.717) is 5.75 Å². The quantitative estimate of drug-likeness (QED) is 0.900. The third-order valence-corrected chi connectivity index (χ3v) is 4.14. The zero-order valence-corrected chi connectivity index (χ0v) is 14.1. The molecule has 1 aromatic carbocycles. The lowest BCUT2D eigenvalue weighted by molar-refractivity contribution is -0.119. The molecule has 0 aliphatic rings. The molecule has 0 aliphatic heterocycles. The number of methoxy groups -OCH3 is 1. The van der Waals surface area contributed by atoms with Gasteiger partial charge in [0.2, 0.25) is 5.91 Å². The minimum absolute atomic E-state index is 0.0565.